The molecule has 3 rings (SSSR count). The molecule has 0 aromatic heterocycles. The van der Waals surface area contributed by atoms with Gasteiger partial charge in [0.25, 0.3) is 0 Å². The van der Waals surface area contributed by atoms with Gasteiger partial charge in [0, 0.05) is 24.0 Å². The van der Waals surface area contributed by atoms with E-state index in [-0.39, 0.29) is 5.54 Å². The van der Waals surface area contributed by atoms with Gasteiger partial charge in [-0.15, -0.1) is 0 Å². The summed E-state index contributed by atoms with van der Waals surface area (Å²) in [4.78, 5) is 2.59. The van der Waals surface area contributed by atoms with Gasteiger partial charge in [0.1, 0.15) is 0 Å². The van der Waals surface area contributed by atoms with Gasteiger partial charge in [-0.25, -0.2) is 0 Å². The summed E-state index contributed by atoms with van der Waals surface area (Å²) < 4.78 is 0. The first-order valence-corrected chi connectivity index (χ1v) is 7.29. The van der Waals surface area contributed by atoms with Gasteiger partial charge in [-0.2, -0.15) is 0 Å². The summed E-state index contributed by atoms with van der Waals surface area (Å²) in [6.45, 7) is 9.24. The first-order valence-electron chi connectivity index (χ1n) is 6.53. The summed E-state index contributed by atoms with van der Waals surface area (Å²) in [5.41, 5.74) is 1.98. The normalized spacial score (nSPS) is 31.5. The minimum absolute atomic E-state index is 0.261. The van der Waals surface area contributed by atoms with Gasteiger partial charge in [-0.1, -0.05) is 29.3 Å². The Hall–Kier alpha value is -0.240. The molecule has 0 radical (unpaired) electrons. The Morgan fingerprint density at radius 2 is 1.94 bits per heavy atom. The summed E-state index contributed by atoms with van der Waals surface area (Å²) in [6, 6.07) is 6.15. The van der Waals surface area contributed by atoms with Crippen molar-refractivity contribution in [3.8, 4) is 0 Å². The summed E-state index contributed by atoms with van der Waals surface area (Å²) in [7, 11) is 0. The highest BCUT2D eigenvalue weighted by Gasteiger charge is 2.61. The fourth-order valence-electron chi connectivity index (χ4n) is 3.25. The molecule has 1 unspecified atom stereocenters. The number of nitrogens with zero attached hydrogens (tertiary/aromatic N) is 1. The second-order valence-corrected chi connectivity index (χ2v) is 7.55. The van der Waals surface area contributed by atoms with Crippen LogP contribution in [0.2, 0.25) is 10.0 Å². The minimum Gasteiger partial charge on any atom is -0.297 e. The molecule has 1 heterocycles. The molecule has 2 aliphatic rings. The fraction of sp³-hybridized carbons (Fsp3) is 0.600. The molecule has 0 spiro atoms. The van der Waals surface area contributed by atoms with Crippen LogP contribution in [-0.4, -0.2) is 23.5 Å². The molecule has 2 atom stereocenters. The second kappa shape index (κ2) is 3.88. The zero-order chi connectivity index (χ0) is 13.1. The number of rotatable bonds is 1. The lowest BCUT2D eigenvalue weighted by Crippen LogP contribution is -2.42. The van der Waals surface area contributed by atoms with Crippen LogP contribution >= 0.6 is 23.2 Å². The Labute approximate surface area is 119 Å². The van der Waals surface area contributed by atoms with Crippen LogP contribution in [-0.2, 0) is 5.41 Å². The van der Waals surface area contributed by atoms with E-state index in [9.17, 15) is 0 Å². The van der Waals surface area contributed by atoms with Crippen LogP contribution < -0.4 is 0 Å². The highest BCUT2D eigenvalue weighted by Crippen LogP contribution is 2.60. The first-order chi connectivity index (χ1) is 8.33. The van der Waals surface area contributed by atoms with Gasteiger partial charge >= 0.3 is 0 Å². The zero-order valence-corrected chi connectivity index (χ0v) is 12.6. The number of piperidine rings is 1. The van der Waals surface area contributed by atoms with Crippen LogP contribution in [0, 0.1) is 5.92 Å². The average molecular weight is 284 g/mol. The third kappa shape index (κ3) is 1.88. The van der Waals surface area contributed by atoms with Gasteiger partial charge in [-0.3, -0.25) is 4.90 Å². The molecule has 2 fully saturated rings. The van der Waals surface area contributed by atoms with E-state index < -0.39 is 0 Å². The molecule has 1 aromatic carbocycles. The maximum Gasteiger partial charge on any atom is 0.0595 e. The average Bonchev–Trinajstić information content (AvgIpc) is 2.84. The summed E-state index contributed by atoms with van der Waals surface area (Å²) in [6.07, 6.45) is 1.30. The van der Waals surface area contributed by atoms with Crippen molar-refractivity contribution in [2.45, 2.75) is 38.1 Å². The summed E-state index contributed by atoms with van der Waals surface area (Å²) >= 11 is 12.2. The van der Waals surface area contributed by atoms with E-state index in [1.165, 1.54) is 18.5 Å². The molecule has 18 heavy (non-hydrogen) atoms. The molecule has 0 bridgehead atoms. The Balaban J connectivity index is 1.88. The molecule has 1 saturated heterocycles. The Kier molecular flexibility index (Phi) is 2.75. The monoisotopic (exact) mass is 283 g/mol. The standard InChI is InChI=1S/C15H19Cl2N/c1-14(2,3)18-8-11-7-15(11,9-18)10-4-5-12(16)13(17)6-10/h4-6,11H,7-9H2,1-3H3/t11?,15-/m1/s1. The molecule has 0 N–H and O–H groups in total. The molecule has 1 saturated carbocycles. The largest absolute Gasteiger partial charge is 0.297 e. The van der Waals surface area contributed by atoms with Gasteiger partial charge in [0.15, 0.2) is 0 Å². The Bertz CT molecular complexity index is 492. The van der Waals surface area contributed by atoms with Crippen molar-refractivity contribution in [2.24, 2.45) is 5.92 Å². The van der Waals surface area contributed by atoms with Gasteiger partial charge in [0.2, 0.25) is 0 Å². The molecule has 1 nitrogen and oxygen atoms in total. The topological polar surface area (TPSA) is 3.24 Å². The molecular weight excluding hydrogens is 265 g/mol. The molecule has 3 heteroatoms. The van der Waals surface area contributed by atoms with Crippen LogP contribution in [0.4, 0.5) is 0 Å². The predicted octanol–water partition coefficient (Wildman–Crippen LogP) is 4.37. The quantitative estimate of drug-likeness (QED) is 0.740. The third-order valence-electron chi connectivity index (χ3n) is 4.59. The lowest BCUT2D eigenvalue weighted by molar-refractivity contribution is 0.152. The van der Waals surface area contributed by atoms with Gasteiger partial charge in [0.05, 0.1) is 10.0 Å². The van der Waals surface area contributed by atoms with E-state index in [0.717, 1.165) is 12.5 Å². The second-order valence-electron chi connectivity index (χ2n) is 6.74. The van der Waals surface area contributed by atoms with E-state index in [4.69, 9.17) is 23.2 Å². The molecule has 1 aromatic rings. The maximum atomic E-state index is 6.15. The number of fused-ring (bicyclic) bond motifs is 1. The lowest BCUT2D eigenvalue weighted by Gasteiger charge is -2.34. The number of hydrogen-bond donors (Lipinski definition) is 0. The van der Waals surface area contributed by atoms with E-state index in [0.29, 0.717) is 15.5 Å². The minimum atomic E-state index is 0.261. The van der Waals surface area contributed by atoms with Crippen molar-refractivity contribution >= 4 is 23.2 Å². The zero-order valence-electron chi connectivity index (χ0n) is 11.1. The van der Waals surface area contributed by atoms with Crippen molar-refractivity contribution in [1.29, 1.82) is 0 Å². The van der Waals surface area contributed by atoms with Crippen molar-refractivity contribution in [3.05, 3.63) is 33.8 Å². The van der Waals surface area contributed by atoms with E-state index >= 15 is 0 Å². The molecule has 0 amide bonds. The number of halogens is 2. The van der Waals surface area contributed by atoms with Crippen LogP contribution in [0.5, 0.6) is 0 Å². The number of benzene rings is 1. The predicted molar refractivity (Wildman–Crippen MR) is 77.6 cm³/mol. The first kappa shape index (κ1) is 12.8. The highest BCUT2D eigenvalue weighted by atomic mass is 35.5. The Morgan fingerprint density at radius 1 is 1.22 bits per heavy atom. The van der Waals surface area contributed by atoms with Crippen LogP contribution in [0.1, 0.15) is 32.8 Å². The summed E-state index contributed by atoms with van der Waals surface area (Å²) in [5, 5.41) is 1.34. The molecule has 1 aliphatic carbocycles. The highest BCUT2D eigenvalue weighted by molar-refractivity contribution is 6.42. The SMILES string of the molecule is CC(C)(C)N1CC2C[C@]2(c2ccc(Cl)c(Cl)c2)C1. The molecule has 98 valence electrons. The van der Waals surface area contributed by atoms with Crippen LogP contribution in [0.3, 0.4) is 0 Å². The fourth-order valence-corrected chi connectivity index (χ4v) is 3.54. The van der Waals surface area contributed by atoms with Crippen molar-refractivity contribution in [1.82, 2.24) is 4.90 Å². The van der Waals surface area contributed by atoms with E-state index in [1.54, 1.807) is 0 Å². The van der Waals surface area contributed by atoms with Gasteiger partial charge < -0.3 is 0 Å². The van der Waals surface area contributed by atoms with E-state index in [2.05, 4.69) is 37.8 Å². The van der Waals surface area contributed by atoms with Crippen molar-refractivity contribution < 1.29 is 0 Å². The van der Waals surface area contributed by atoms with Crippen LogP contribution in [0.15, 0.2) is 18.2 Å². The summed E-state index contributed by atoms with van der Waals surface area (Å²) in [5.74, 6) is 0.800. The lowest BCUT2D eigenvalue weighted by atomic mass is 9.94. The third-order valence-corrected chi connectivity index (χ3v) is 5.33. The van der Waals surface area contributed by atoms with Crippen LogP contribution in [0.25, 0.3) is 0 Å². The number of hydrogen-bond acceptors (Lipinski definition) is 1. The Morgan fingerprint density at radius 3 is 2.50 bits per heavy atom. The maximum absolute atomic E-state index is 6.15. The van der Waals surface area contributed by atoms with E-state index in [1.807, 2.05) is 6.07 Å². The smallest absolute Gasteiger partial charge is 0.0595 e. The van der Waals surface area contributed by atoms with Crippen molar-refractivity contribution in [2.75, 3.05) is 13.1 Å². The molecular formula is C15H19Cl2N. The van der Waals surface area contributed by atoms with Gasteiger partial charge in [-0.05, 0) is 50.8 Å². The molecule has 1 aliphatic heterocycles. The number of likely N-dealkylation sites (tertiary alicyclic amines) is 1. The van der Waals surface area contributed by atoms with Crippen molar-refractivity contribution in [3.63, 3.8) is 0 Å².